The molecule has 2 aliphatic rings. The van der Waals surface area contributed by atoms with Crippen LogP contribution < -0.4 is 4.90 Å². The lowest BCUT2D eigenvalue weighted by molar-refractivity contribution is -0.139. The Morgan fingerprint density at radius 2 is 2.06 bits per heavy atom. The molecule has 0 saturated heterocycles. The lowest BCUT2D eigenvalue weighted by Gasteiger charge is -2.31. The Labute approximate surface area is 107 Å². The highest BCUT2D eigenvalue weighted by Crippen LogP contribution is 2.39. The SMILES string of the molecule is O=C(O)C(C1CC1)N1CCCCc2ccccc21. The van der Waals surface area contributed by atoms with E-state index in [0.717, 1.165) is 44.3 Å². The fourth-order valence-corrected chi connectivity index (χ4v) is 3.01. The van der Waals surface area contributed by atoms with Crippen LogP contribution in [0.3, 0.4) is 0 Å². The second-order valence-electron chi connectivity index (χ2n) is 5.40. The van der Waals surface area contributed by atoms with Crippen LogP contribution in [0.2, 0.25) is 0 Å². The Bertz CT molecular complexity index is 454. The molecule has 1 fully saturated rings. The molecule has 0 bridgehead atoms. The summed E-state index contributed by atoms with van der Waals surface area (Å²) in [6.45, 7) is 0.879. The number of nitrogens with zero attached hydrogens (tertiary/aromatic N) is 1. The number of carboxylic acid groups (broad SMARTS) is 1. The molecule has 3 nitrogen and oxygen atoms in total. The molecule has 3 rings (SSSR count). The van der Waals surface area contributed by atoms with E-state index in [2.05, 4.69) is 23.1 Å². The van der Waals surface area contributed by atoms with Crippen LogP contribution in [0.1, 0.15) is 31.2 Å². The van der Waals surface area contributed by atoms with Gasteiger partial charge in [-0.2, -0.15) is 0 Å². The first-order valence-corrected chi connectivity index (χ1v) is 6.85. The number of fused-ring (bicyclic) bond motifs is 1. The quantitative estimate of drug-likeness (QED) is 0.890. The molecular weight excluding hydrogens is 226 g/mol. The molecule has 3 heteroatoms. The molecule has 1 saturated carbocycles. The molecule has 0 spiro atoms. The van der Waals surface area contributed by atoms with Gasteiger partial charge < -0.3 is 10.0 Å². The summed E-state index contributed by atoms with van der Waals surface area (Å²) in [5.74, 6) is -0.303. The molecule has 0 aromatic heterocycles. The van der Waals surface area contributed by atoms with Crippen LogP contribution in [-0.2, 0) is 11.2 Å². The number of para-hydroxylation sites is 1. The number of aliphatic carboxylic acids is 1. The highest BCUT2D eigenvalue weighted by Gasteiger charge is 2.41. The zero-order valence-corrected chi connectivity index (χ0v) is 10.5. The minimum atomic E-state index is -0.658. The predicted octanol–water partition coefficient (Wildman–Crippen LogP) is 2.69. The van der Waals surface area contributed by atoms with Gasteiger partial charge in [0.2, 0.25) is 0 Å². The van der Waals surface area contributed by atoms with Crippen LogP contribution in [0.15, 0.2) is 24.3 Å². The van der Waals surface area contributed by atoms with Gasteiger partial charge in [-0.05, 0) is 49.7 Å². The van der Waals surface area contributed by atoms with Crippen molar-refractivity contribution >= 4 is 11.7 Å². The highest BCUT2D eigenvalue weighted by molar-refractivity contribution is 5.79. The number of aryl methyl sites for hydroxylation is 1. The van der Waals surface area contributed by atoms with Crippen molar-refractivity contribution in [1.82, 2.24) is 0 Å². The second-order valence-corrected chi connectivity index (χ2v) is 5.40. The van der Waals surface area contributed by atoms with Crippen LogP contribution in [0, 0.1) is 5.92 Å². The van der Waals surface area contributed by atoms with E-state index in [1.807, 2.05) is 6.07 Å². The summed E-state index contributed by atoms with van der Waals surface area (Å²) < 4.78 is 0. The summed E-state index contributed by atoms with van der Waals surface area (Å²) in [4.78, 5) is 13.7. The Morgan fingerprint density at radius 1 is 1.28 bits per heavy atom. The Kier molecular flexibility index (Phi) is 2.98. The Balaban J connectivity index is 1.97. The van der Waals surface area contributed by atoms with Crippen molar-refractivity contribution in [3.8, 4) is 0 Å². The summed E-state index contributed by atoms with van der Waals surface area (Å²) in [6.07, 6.45) is 5.45. The van der Waals surface area contributed by atoms with E-state index in [-0.39, 0.29) is 6.04 Å². The maximum absolute atomic E-state index is 11.6. The number of carboxylic acids is 1. The highest BCUT2D eigenvalue weighted by atomic mass is 16.4. The number of anilines is 1. The third-order valence-electron chi connectivity index (χ3n) is 4.05. The molecule has 1 atom stereocenters. The summed E-state index contributed by atoms with van der Waals surface area (Å²) in [6, 6.07) is 7.97. The van der Waals surface area contributed by atoms with Crippen LogP contribution in [0.25, 0.3) is 0 Å². The van der Waals surface area contributed by atoms with E-state index in [0.29, 0.717) is 5.92 Å². The van der Waals surface area contributed by atoms with Crippen LogP contribution in [0.5, 0.6) is 0 Å². The van der Waals surface area contributed by atoms with E-state index < -0.39 is 5.97 Å². The van der Waals surface area contributed by atoms with E-state index >= 15 is 0 Å². The van der Waals surface area contributed by atoms with Crippen molar-refractivity contribution in [2.45, 2.75) is 38.1 Å². The van der Waals surface area contributed by atoms with Crippen molar-refractivity contribution in [2.75, 3.05) is 11.4 Å². The van der Waals surface area contributed by atoms with Crippen molar-refractivity contribution in [3.05, 3.63) is 29.8 Å². The number of hydrogen-bond donors (Lipinski definition) is 1. The van der Waals surface area contributed by atoms with Gasteiger partial charge in [0.05, 0.1) is 0 Å². The smallest absolute Gasteiger partial charge is 0.326 e. The van der Waals surface area contributed by atoms with Crippen molar-refractivity contribution in [1.29, 1.82) is 0 Å². The number of carbonyl (C=O) groups is 1. The van der Waals surface area contributed by atoms with Gasteiger partial charge in [0.25, 0.3) is 0 Å². The largest absolute Gasteiger partial charge is 0.480 e. The first kappa shape index (κ1) is 11.6. The average Bonchev–Trinajstić information content (AvgIpc) is 3.17. The van der Waals surface area contributed by atoms with Gasteiger partial charge in [0, 0.05) is 12.2 Å². The van der Waals surface area contributed by atoms with E-state index in [1.165, 1.54) is 5.56 Å². The normalized spacial score (nSPS) is 21.0. The molecule has 1 N–H and O–H groups in total. The Hall–Kier alpha value is -1.51. The molecule has 96 valence electrons. The first-order valence-electron chi connectivity index (χ1n) is 6.85. The number of rotatable bonds is 3. The molecule has 1 unspecified atom stereocenters. The summed E-state index contributed by atoms with van der Waals surface area (Å²) in [7, 11) is 0. The van der Waals surface area contributed by atoms with Crippen LogP contribution in [-0.4, -0.2) is 23.7 Å². The number of hydrogen-bond acceptors (Lipinski definition) is 2. The van der Waals surface area contributed by atoms with Gasteiger partial charge >= 0.3 is 5.97 Å². The second kappa shape index (κ2) is 4.63. The third kappa shape index (κ3) is 2.09. The minimum Gasteiger partial charge on any atom is -0.480 e. The lowest BCUT2D eigenvalue weighted by atomic mass is 10.1. The Morgan fingerprint density at radius 3 is 2.78 bits per heavy atom. The van der Waals surface area contributed by atoms with Gasteiger partial charge in [-0.15, -0.1) is 0 Å². The van der Waals surface area contributed by atoms with Crippen molar-refractivity contribution < 1.29 is 9.90 Å². The van der Waals surface area contributed by atoms with E-state index in [1.54, 1.807) is 0 Å². The molecule has 1 aliphatic carbocycles. The fraction of sp³-hybridized carbons (Fsp3) is 0.533. The summed E-state index contributed by atoms with van der Waals surface area (Å²) in [5.41, 5.74) is 2.45. The standard InChI is InChI=1S/C15H19NO2/c17-15(18)14(12-8-9-12)16-10-4-3-6-11-5-1-2-7-13(11)16/h1-2,5,7,12,14H,3-4,6,8-10H2,(H,17,18). The molecule has 0 amide bonds. The van der Waals surface area contributed by atoms with E-state index in [4.69, 9.17) is 0 Å². The zero-order valence-electron chi connectivity index (χ0n) is 10.5. The predicted molar refractivity (Wildman–Crippen MR) is 70.9 cm³/mol. The molecule has 1 aromatic carbocycles. The minimum absolute atomic E-state index is 0.316. The van der Waals surface area contributed by atoms with Crippen LogP contribution in [0.4, 0.5) is 5.69 Å². The fourth-order valence-electron chi connectivity index (χ4n) is 3.01. The van der Waals surface area contributed by atoms with Crippen molar-refractivity contribution in [2.24, 2.45) is 5.92 Å². The van der Waals surface area contributed by atoms with Gasteiger partial charge in [0.1, 0.15) is 6.04 Å². The topological polar surface area (TPSA) is 40.5 Å². The van der Waals surface area contributed by atoms with Gasteiger partial charge in [-0.25, -0.2) is 4.79 Å². The van der Waals surface area contributed by atoms with Crippen molar-refractivity contribution in [3.63, 3.8) is 0 Å². The zero-order chi connectivity index (χ0) is 12.5. The summed E-state index contributed by atoms with van der Waals surface area (Å²) >= 11 is 0. The average molecular weight is 245 g/mol. The maximum atomic E-state index is 11.6. The molecule has 1 aliphatic heterocycles. The van der Waals surface area contributed by atoms with Gasteiger partial charge in [-0.1, -0.05) is 18.2 Å². The van der Waals surface area contributed by atoms with Gasteiger partial charge in [0.15, 0.2) is 0 Å². The third-order valence-corrected chi connectivity index (χ3v) is 4.05. The molecular formula is C15H19NO2. The van der Waals surface area contributed by atoms with Crippen LogP contribution >= 0.6 is 0 Å². The monoisotopic (exact) mass is 245 g/mol. The number of benzene rings is 1. The molecule has 0 radical (unpaired) electrons. The van der Waals surface area contributed by atoms with E-state index in [9.17, 15) is 9.90 Å². The summed E-state index contributed by atoms with van der Waals surface area (Å²) in [5, 5.41) is 9.51. The maximum Gasteiger partial charge on any atom is 0.326 e. The molecule has 18 heavy (non-hydrogen) atoms. The lowest BCUT2D eigenvalue weighted by Crippen LogP contribution is -2.43. The van der Waals surface area contributed by atoms with Gasteiger partial charge in [-0.3, -0.25) is 0 Å². The molecule has 1 heterocycles. The first-order chi connectivity index (χ1) is 8.77. The molecule has 1 aromatic rings.